The standard InChI is InChI=1S/C22H25FN2O3.ClH/c1-2-27-19-6-7-21-16(12-19)10-17(14-28-21)22(26)25-9-8-24-13-20(25)15-4-3-5-18(23)11-15;/h3-7,11-12,17,20,24H,2,8-10,13-14H2,1H3;1H. The number of carbonyl (C=O) groups is 1. The summed E-state index contributed by atoms with van der Waals surface area (Å²) in [6.45, 7) is 4.85. The van der Waals surface area contributed by atoms with Gasteiger partial charge < -0.3 is 19.7 Å². The molecule has 2 aromatic carbocycles. The molecule has 1 N–H and O–H groups in total. The van der Waals surface area contributed by atoms with Gasteiger partial charge >= 0.3 is 0 Å². The van der Waals surface area contributed by atoms with Crippen LogP contribution in [0.1, 0.15) is 24.1 Å². The van der Waals surface area contributed by atoms with Gasteiger partial charge in [-0.05, 0) is 54.8 Å². The zero-order chi connectivity index (χ0) is 19.5. The van der Waals surface area contributed by atoms with Gasteiger partial charge in [0.05, 0.1) is 18.6 Å². The molecule has 0 aliphatic carbocycles. The van der Waals surface area contributed by atoms with Crippen molar-refractivity contribution in [2.45, 2.75) is 19.4 Å². The summed E-state index contributed by atoms with van der Waals surface area (Å²) in [6, 6.07) is 12.1. The second-order valence-electron chi connectivity index (χ2n) is 7.22. The van der Waals surface area contributed by atoms with Gasteiger partial charge in [0.1, 0.15) is 23.9 Å². The molecule has 2 aromatic rings. The Hall–Kier alpha value is -2.31. The van der Waals surface area contributed by atoms with Crippen molar-refractivity contribution in [3.63, 3.8) is 0 Å². The van der Waals surface area contributed by atoms with E-state index in [9.17, 15) is 9.18 Å². The fourth-order valence-electron chi connectivity index (χ4n) is 4.00. The number of ether oxygens (including phenoxy) is 2. The molecule has 0 spiro atoms. The minimum atomic E-state index is -0.283. The van der Waals surface area contributed by atoms with E-state index in [4.69, 9.17) is 9.47 Å². The van der Waals surface area contributed by atoms with Gasteiger partial charge in [-0.1, -0.05) is 12.1 Å². The van der Waals surface area contributed by atoms with E-state index >= 15 is 0 Å². The molecule has 0 radical (unpaired) electrons. The van der Waals surface area contributed by atoms with Gasteiger partial charge in [-0.3, -0.25) is 4.79 Å². The summed E-state index contributed by atoms with van der Waals surface area (Å²) in [4.78, 5) is 15.2. The lowest BCUT2D eigenvalue weighted by atomic mass is 9.93. The zero-order valence-electron chi connectivity index (χ0n) is 16.4. The quantitative estimate of drug-likeness (QED) is 0.824. The number of hydrogen-bond acceptors (Lipinski definition) is 4. The Labute approximate surface area is 176 Å². The van der Waals surface area contributed by atoms with Crippen LogP contribution in [0.2, 0.25) is 0 Å². The van der Waals surface area contributed by atoms with Crippen LogP contribution < -0.4 is 14.8 Å². The maximum atomic E-state index is 13.7. The van der Waals surface area contributed by atoms with E-state index < -0.39 is 0 Å². The molecule has 2 unspecified atom stereocenters. The third kappa shape index (κ3) is 4.65. The molecule has 2 aliphatic rings. The Balaban J connectivity index is 0.00000240. The molecule has 1 fully saturated rings. The summed E-state index contributed by atoms with van der Waals surface area (Å²) in [6.07, 6.45) is 0.620. The van der Waals surface area contributed by atoms with E-state index in [0.29, 0.717) is 32.7 Å². The first-order valence-electron chi connectivity index (χ1n) is 9.81. The van der Waals surface area contributed by atoms with Crippen LogP contribution in [-0.2, 0) is 11.2 Å². The highest BCUT2D eigenvalue weighted by Crippen LogP contribution is 2.33. The smallest absolute Gasteiger partial charge is 0.230 e. The van der Waals surface area contributed by atoms with Crippen molar-refractivity contribution in [3.8, 4) is 11.5 Å². The van der Waals surface area contributed by atoms with Crippen molar-refractivity contribution in [1.29, 1.82) is 0 Å². The highest BCUT2D eigenvalue weighted by atomic mass is 35.5. The monoisotopic (exact) mass is 420 g/mol. The molecule has 29 heavy (non-hydrogen) atoms. The highest BCUT2D eigenvalue weighted by Gasteiger charge is 2.35. The third-order valence-electron chi connectivity index (χ3n) is 5.36. The van der Waals surface area contributed by atoms with Crippen LogP contribution in [0, 0.1) is 11.7 Å². The summed E-state index contributed by atoms with van der Waals surface area (Å²) < 4.78 is 25.2. The van der Waals surface area contributed by atoms with E-state index in [1.807, 2.05) is 36.1 Å². The predicted octanol–water partition coefficient (Wildman–Crippen LogP) is 3.37. The number of hydrogen-bond donors (Lipinski definition) is 1. The van der Waals surface area contributed by atoms with Crippen LogP contribution in [0.25, 0.3) is 0 Å². The summed E-state index contributed by atoms with van der Waals surface area (Å²) in [7, 11) is 0. The number of amides is 1. The molecule has 0 saturated carbocycles. The first-order chi connectivity index (χ1) is 13.7. The Morgan fingerprint density at radius 1 is 1.31 bits per heavy atom. The van der Waals surface area contributed by atoms with Crippen LogP contribution in [0.4, 0.5) is 4.39 Å². The first-order valence-corrected chi connectivity index (χ1v) is 9.81. The van der Waals surface area contributed by atoms with Crippen molar-refractivity contribution in [2.24, 2.45) is 5.92 Å². The largest absolute Gasteiger partial charge is 0.494 e. The lowest BCUT2D eigenvalue weighted by Gasteiger charge is -2.39. The van der Waals surface area contributed by atoms with Crippen molar-refractivity contribution in [1.82, 2.24) is 10.2 Å². The van der Waals surface area contributed by atoms with Gasteiger partial charge in [0.15, 0.2) is 0 Å². The minimum Gasteiger partial charge on any atom is -0.494 e. The summed E-state index contributed by atoms with van der Waals surface area (Å²) >= 11 is 0. The molecular formula is C22H26ClFN2O3. The average molecular weight is 421 g/mol. The number of piperazine rings is 1. The molecule has 0 aromatic heterocycles. The number of nitrogens with zero attached hydrogens (tertiary/aromatic N) is 1. The molecule has 2 heterocycles. The number of carbonyl (C=O) groups excluding carboxylic acids is 1. The SMILES string of the molecule is CCOc1ccc2c(c1)CC(C(=O)N1CCNCC1c1cccc(F)c1)CO2.Cl. The first kappa shape index (κ1) is 21.4. The molecule has 1 saturated heterocycles. The Bertz CT molecular complexity index is 864. The number of halogens is 2. The Morgan fingerprint density at radius 3 is 2.97 bits per heavy atom. The van der Waals surface area contributed by atoms with E-state index in [1.165, 1.54) is 12.1 Å². The highest BCUT2D eigenvalue weighted by molar-refractivity contribution is 5.85. The van der Waals surface area contributed by atoms with E-state index in [0.717, 1.165) is 29.2 Å². The summed E-state index contributed by atoms with van der Waals surface area (Å²) in [5.41, 5.74) is 1.81. The average Bonchev–Trinajstić information content (AvgIpc) is 2.73. The van der Waals surface area contributed by atoms with E-state index in [-0.39, 0.29) is 36.1 Å². The fraction of sp³-hybridized carbons (Fsp3) is 0.409. The number of fused-ring (bicyclic) bond motifs is 1. The second kappa shape index (κ2) is 9.46. The normalized spacial score (nSPS) is 20.8. The van der Waals surface area contributed by atoms with Gasteiger partial charge in [0.2, 0.25) is 5.91 Å². The van der Waals surface area contributed by atoms with Gasteiger partial charge in [-0.2, -0.15) is 0 Å². The van der Waals surface area contributed by atoms with Crippen molar-refractivity contribution >= 4 is 18.3 Å². The maximum Gasteiger partial charge on any atom is 0.230 e. The fourth-order valence-corrected chi connectivity index (χ4v) is 4.00. The number of nitrogens with one attached hydrogen (secondary N) is 1. The molecule has 2 atom stereocenters. The van der Waals surface area contributed by atoms with Crippen LogP contribution in [0.5, 0.6) is 11.5 Å². The van der Waals surface area contributed by atoms with Crippen LogP contribution >= 0.6 is 12.4 Å². The van der Waals surface area contributed by atoms with Crippen molar-refractivity contribution < 1.29 is 18.7 Å². The van der Waals surface area contributed by atoms with Crippen LogP contribution in [0.3, 0.4) is 0 Å². The van der Waals surface area contributed by atoms with Crippen molar-refractivity contribution in [3.05, 3.63) is 59.4 Å². The van der Waals surface area contributed by atoms with Crippen LogP contribution in [0.15, 0.2) is 42.5 Å². The van der Waals surface area contributed by atoms with Gasteiger partial charge in [0, 0.05) is 19.6 Å². The molecule has 1 amide bonds. The van der Waals surface area contributed by atoms with Crippen LogP contribution in [-0.4, -0.2) is 43.7 Å². The molecule has 4 rings (SSSR count). The topological polar surface area (TPSA) is 50.8 Å². The predicted molar refractivity (Wildman–Crippen MR) is 111 cm³/mol. The Morgan fingerprint density at radius 2 is 2.17 bits per heavy atom. The number of benzene rings is 2. The summed E-state index contributed by atoms with van der Waals surface area (Å²) in [5.74, 6) is 1.13. The van der Waals surface area contributed by atoms with Gasteiger partial charge in [-0.15, -0.1) is 12.4 Å². The Kier molecular flexibility index (Phi) is 6.98. The molecule has 5 nitrogen and oxygen atoms in total. The minimum absolute atomic E-state index is 0. The lowest BCUT2D eigenvalue weighted by molar-refractivity contribution is -0.140. The van der Waals surface area contributed by atoms with Gasteiger partial charge in [0.25, 0.3) is 0 Å². The van der Waals surface area contributed by atoms with Crippen molar-refractivity contribution in [2.75, 3.05) is 32.8 Å². The second-order valence-corrected chi connectivity index (χ2v) is 7.22. The molecule has 156 valence electrons. The lowest BCUT2D eigenvalue weighted by Crippen LogP contribution is -2.51. The molecular weight excluding hydrogens is 395 g/mol. The maximum absolute atomic E-state index is 13.7. The number of rotatable bonds is 4. The summed E-state index contributed by atoms with van der Waals surface area (Å²) in [5, 5.41) is 3.31. The molecule has 7 heteroatoms. The van der Waals surface area contributed by atoms with E-state index in [2.05, 4.69) is 5.32 Å². The third-order valence-corrected chi connectivity index (χ3v) is 5.36. The molecule has 0 bridgehead atoms. The zero-order valence-corrected chi connectivity index (χ0v) is 17.2. The van der Waals surface area contributed by atoms with E-state index in [1.54, 1.807) is 6.07 Å². The van der Waals surface area contributed by atoms with Gasteiger partial charge in [-0.25, -0.2) is 4.39 Å². The molecule has 2 aliphatic heterocycles.